The zero-order valence-electron chi connectivity index (χ0n) is 12.4. The molecule has 5 nitrogen and oxygen atoms in total. The predicted molar refractivity (Wildman–Crippen MR) is 95.0 cm³/mol. The summed E-state index contributed by atoms with van der Waals surface area (Å²) in [6.45, 7) is 0.219. The van der Waals surface area contributed by atoms with Crippen molar-refractivity contribution in [1.29, 1.82) is 0 Å². The van der Waals surface area contributed by atoms with Gasteiger partial charge in [0.1, 0.15) is 0 Å². The Kier molecular flexibility index (Phi) is 5.65. The van der Waals surface area contributed by atoms with Gasteiger partial charge in [-0.05, 0) is 48.1 Å². The molecule has 0 aliphatic rings. The Morgan fingerprint density at radius 1 is 1.22 bits per heavy atom. The Labute approximate surface area is 144 Å². The Hall–Kier alpha value is -2.02. The summed E-state index contributed by atoms with van der Waals surface area (Å²) in [5.41, 5.74) is 1.24. The van der Waals surface area contributed by atoms with Crippen LogP contribution in [0.3, 0.4) is 0 Å². The van der Waals surface area contributed by atoms with E-state index in [1.165, 1.54) is 12.1 Å². The standard InChI is InChI=1S/C16H17ClN2O3S/c1-19(16(23)18-12-4-2-3-11(17)8-12)9-15(22)10-5-6-13(20)14(21)7-10/h2-8,15,20-22H,9H2,1H3,(H,18,23). The number of rotatable bonds is 4. The summed E-state index contributed by atoms with van der Waals surface area (Å²) in [7, 11) is 1.74. The molecule has 0 aliphatic carbocycles. The Morgan fingerprint density at radius 2 is 1.96 bits per heavy atom. The van der Waals surface area contributed by atoms with Crippen LogP contribution in [0.2, 0.25) is 5.02 Å². The molecule has 122 valence electrons. The van der Waals surface area contributed by atoms with E-state index in [2.05, 4.69) is 5.32 Å². The average molecular weight is 353 g/mol. The summed E-state index contributed by atoms with van der Waals surface area (Å²) in [4.78, 5) is 1.67. The first-order chi connectivity index (χ1) is 10.9. The minimum absolute atomic E-state index is 0.219. The van der Waals surface area contributed by atoms with Gasteiger partial charge in [-0.1, -0.05) is 23.7 Å². The number of aromatic hydroxyl groups is 2. The van der Waals surface area contributed by atoms with Gasteiger partial charge in [0.2, 0.25) is 0 Å². The van der Waals surface area contributed by atoms with E-state index in [4.69, 9.17) is 23.8 Å². The number of anilines is 1. The smallest absolute Gasteiger partial charge is 0.173 e. The molecule has 0 aromatic heterocycles. The fourth-order valence-corrected chi connectivity index (χ4v) is 2.36. The lowest BCUT2D eigenvalue weighted by Crippen LogP contribution is -2.34. The van der Waals surface area contributed by atoms with E-state index < -0.39 is 6.10 Å². The van der Waals surface area contributed by atoms with Crippen molar-refractivity contribution < 1.29 is 15.3 Å². The molecule has 0 saturated carbocycles. The van der Waals surface area contributed by atoms with Gasteiger partial charge in [0, 0.05) is 24.3 Å². The minimum atomic E-state index is -0.870. The number of phenols is 2. The molecule has 2 aromatic carbocycles. The fourth-order valence-electron chi connectivity index (χ4n) is 1.98. The number of thiocarbonyl (C=S) groups is 1. The van der Waals surface area contributed by atoms with Crippen LogP contribution in [-0.4, -0.2) is 38.9 Å². The molecule has 1 atom stereocenters. The molecular weight excluding hydrogens is 336 g/mol. The quantitative estimate of drug-likeness (QED) is 0.500. The van der Waals surface area contributed by atoms with Crippen LogP contribution < -0.4 is 5.32 Å². The van der Waals surface area contributed by atoms with Crippen LogP contribution in [0.4, 0.5) is 5.69 Å². The predicted octanol–water partition coefficient (Wildman–Crippen LogP) is 3.11. The van der Waals surface area contributed by atoms with E-state index in [0.717, 1.165) is 5.69 Å². The minimum Gasteiger partial charge on any atom is -0.504 e. The van der Waals surface area contributed by atoms with Gasteiger partial charge in [-0.15, -0.1) is 0 Å². The third-order valence-electron chi connectivity index (χ3n) is 3.25. The number of nitrogens with zero attached hydrogens (tertiary/aromatic N) is 1. The van der Waals surface area contributed by atoms with Crippen molar-refractivity contribution >= 4 is 34.6 Å². The molecule has 4 N–H and O–H groups in total. The topological polar surface area (TPSA) is 76.0 Å². The molecule has 0 spiro atoms. The van der Waals surface area contributed by atoms with Crippen molar-refractivity contribution in [3.63, 3.8) is 0 Å². The summed E-state index contributed by atoms with van der Waals surface area (Å²) in [6.07, 6.45) is -0.870. The van der Waals surface area contributed by atoms with Gasteiger partial charge in [0.15, 0.2) is 16.6 Å². The van der Waals surface area contributed by atoms with Gasteiger partial charge in [-0.25, -0.2) is 0 Å². The highest BCUT2D eigenvalue weighted by atomic mass is 35.5. The number of likely N-dealkylation sites (N-methyl/N-ethyl adjacent to an activating group) is 1. The molecule has 0 bridgehead atoms. The highest BCUT2D eigenvalue weighted by Gasteiger charge is 2.14. The van der Waals surface area contributed by atoms with Crippen LogP contribution in [0.5, 0.6) is 11.5 Å². The van der Waals surface area contributed by atoms with Gasteiger partial charge in [-0.3, -0.25) is 0 Å². The van der Waals surface area contributed by atoms with Gasteiger partial charge in [-0.2, -0.15) is 0 Å². The first kappa shape index (κ1) is 17.3. The number of aliphatic hydroxyl groups is 1. The summed E-state index contributed by atoms with van der Waals surface area (Å²) in [5, 5.41) is 33.1. The van der Waals surface area contributed by atoms with E-state index >= 15 is 0 Å². The summed E-state index contributed by atoms with van der Waals surface area (Å²) >= 11 is 11.2. The second-order valence-electron chi connectivity index (χ2n) is 5.08. The molecule has 0 fully saturated rings. The van der Waals surface area contributed by atoms with Gasteiger partial charge >= 0.3 is 0 Å². The zero-order valence-corrected chi connectivity index (χ0v) is 14.0. The third kappa shape index (κ3) is 4.72. The molecule has 23 heavy (non-hydrogen) atoms. The molecule has 0 saturated heterocycles. The maximum Gasteiger partial charge on any atom is 0.173 e. The lowest BCUT2D eigenvalue weighted by Gasteiger charge is -2.24. The maximum atomic E-state index is 10.2. The molecular formula is C16H17ClN2O3S. The Morgan fingerprint density at radius 3 is 2.61 bits per heavy atom. The number of hydrogen-bond acceptors (Lipinski definition) is 4. The normalized spacial score (nSPS) is 11.8. The largest absolute Gasteiger partial charge is 0.504 e. The molecule has 0 amide bonds. The van der Waals surface area contributed by atoms with E-state index in [9.17, 15) is 15.3 Å². The van der Waals surface area contributed by atoms with Crippen molar-refractivity contribution in [2.75, 3.05) is 18.9 Å². The highest BCUT2D eigenvalue weighted by molar-refractivity contribution is 7.80. The molecule has 2 rings (SSSR count). The lowest BCUT2D eigenvalue weighted by molar-refractivity contribution is 0.152. The van der Waals surface area contributed by atoms with Crippen molar-refractivity contribution in [1.82, 2.24) is 4.90 Å². The Bertz CT molecular complexity index is 711. The van der Waals surface area contributed by atoms with Crippen molar-refractivity contribution in [2.24, 2.45) is 0 Å². The monoisotopic (exact) mass is 352 g/mol. The summed E-state index contributed by atoms with van der Waals surface area (Å²) in [5.74, 6) is -0.503. The fraction of sp³-hybridized carbons (Fsp3) is 0.188. The molecule has 1 unspecified atom stereocenters. The molecule has 2 aromatic rings. The number of halogens is 1. The van der Waals surface area contributed by atoms with E-state index in [1.54, 1.807) is 36.2 Å². The van der Waals surface area contributed by atoms with Crippen molar-refractivity contribution in [3.8, 4) is 11.5 Å². The summed E-state index contributed by atoms with van der Waals surface area (Å²) < 4.78 is 0. The van der Waals surface area contributed by atoms with E-state index in [0.29, 0.717) is 15.7 Å². The average Bonchev–Trinajstić information content (AvgIpc) is 2.49. The van der Waals surface area contributed by atoms with E-state index in [-0.39, 0.29) is 18.0 Å². The SMILES string of the molecule is CN(CC(O)c1ccc(O)c(O)c1)C(=S)Nc1cccc(Cl)c1. The van der Waals surface area contributed by atoms with Gasteiger partial charge in [0.25, 0.3) is 0 Å². The lowest BCUT2D eigenvalue weighted by atomic mass is 10.1. The second-order valence-corrected chi connectivity index (χ2v) is 5.91. The van der Waals surface area contributed by atoms with Gasteiger partial charge in [0.05, 0.1) is 6.10 Å². The number of aliphatic hydroxyl groups excluding tert-OH is 1. The van der Waals surface area contributed by atoms with Crippen LogP contribution in [0.1, 0.15) is 11.7 Å². The number of hydrogen-bond donors (Lipinski definition) is 4. The Balaban J connectivity index is 1.98. The van der Waals surface area contributed by atoms with Crippen molar-refractivity contribution in [2.45, 2.75) is 6.10 Å². The molecule has 0 aliphatic heterocycles. The van der Waals surface area contributed by atoms with Crippen molar-refractivity contribution in [3.05, 3.63) is 53.1 Å². The van der Waals surface area contributed by atoms with Crippen LogP contribution in [0.25, 0.3) is 0 Å². The molecule has 0 radical (unpaired) electrons. The first-order valence-corrected chi connectivity index (χ1v) is 7.63. The summed E-state index contributed by atoms with van der Waals surface area (Å²) in [6, 6.07) is 11.3. The first-order valence-electron chi connectivity index (χ1n) is 6.84. The molecule has 7 heteroatoms. The third-order valence-corrected chi connectivity index (χ3v) is 3.90. The number of phenolic OH excluding ortho intramolecular Hbond substituents is 2. The van der Waals surface area contributed by atoms with Crippen LogP contribution >= 0.6 is 23.8 Å². The van der Waals surface area contributed by atoms with Crippen LogP contribution in [0, 0.1) is 0 Å². The highest BCUT2D eigenvalue weighted by Crippen LogP contribution is 2.28. The second kappa shape index (κ2) is 7.50. The van der Waals surface area contributed by atoms with E-state index in [1.807, 2.05) is 6.07 Å². The van der Waals surface area contributed by atoms with Crippen LogP contribution in [-0.2, 0) is 0 Å². The van der Waals surface area contributed by atoms with Gasteiger partial charge < -0.3 is 25.5 Å². The molecule has 0 heterocycles. The maximum absolute atomic E-state index is 10.2. The zero-order chi connectivity index (χ0) is 17.0. The number of benzene rings is 2. The van der Waals surface area contributed by atoms with Crippen LogP contribution in [0.15, 0.2) is 42.5 Å². The number of nitrogens with one attached hydrogen (secondary N) is 1.